The number of nitrogens with two attached hydrogens (primary N) is 1. The number of alkyl halides is 3. The lowest BCUT2D eigenvalue weighted by Gasteiger charge is -2.14. The molecule has 1 heterocycles. The van der Waals surface area contributed by atoms with Gasteiger partial charge in [0.15, 0.2) is 0 Å². The Morgan fingerprint density at radius 3 is 2.53 bits per heavy atom. The quantitative estimate of drug-likeness (QED) is 0.872. The van der Waals surface area contributed by atoms with E-state index in [-0.39, 0.29) is 5.56 Å². The molecule has 0 amide bonds. The average molecular weight is 291 g/mol. The summed E-state index contributed by atoms with van der Waals surface area (Å²) in [6, 6.07) is 5.38. The van der Waals surface area contributed by atoms with Crippen LogP contribution in [0.1, 0.15) is 16.5 Å². The normalized spacial score (nSPS) is 13.3. The fourth-order valence-electron chi connectivity index (χ4n) is 1.58. The Morgan fingerprint density at radius 1 is 1.21 bits per heavy atom. The second kappa shape index (κ2) is 5.18. The van der Waals surface area contributed by atoms with Crippen molar-refractivity contribution in [2.75, 3.05) is 0 Å². The van der Waals surface area contributed by atoms with Gasteiger partial charge >= 0.3 is 6.36 Å². The zero-order valence-electron chi connectivity index (χ0n) is 9.45. The van der Waals surface area contributed by atoms with Crippen LogP contribution in [0.2, 0.25) is 0 Å². The Kier molecular flexibility index (Phi) is 3.77. The third-order valence-electron chi connectivity index (χ3n) is 2.39. The minimum absolute atomic E-state index is 0.0378. The molecule has 0 aliphatic heterocycles. The summed E-state index contributed by atoms with van der Waals surface area (Å²) < 4.78 is 53.7. The predicted molar refractivity (Wildman–Crippen MR) is 63.4 cm³/mol. The number of hydrogen-bond donors (Lipinski definition) is 1. The van der Waals surface area contributed by atoms with Crippen LogP contribution < -0.4 is 10.5 Å². The van der Waals surface area contributed by atoms with Gasteiger partial charge in [-0.3, -0.25) is 0 Å². The fourth-order valence-corrected chi connectivity index (χ4v) is 2.32. The number of rotatable bonds is 3. The molecule has 1 aromatic carbocycles. The molecule has 0 radical (unpaired) electrons. The number of thiophene rings is 1. The van der Waals surface area contributed by atoms with E-state index in [2.05, 4.69) is 4.74 Å². The molecule has 0 aliphatic carbocycles. The summed E-state index contributed by atoms with van der Waals surface area (Å²) in [5.41, 5.74) is 5.79. The van der Waals surface area contributed by atoms with E-state index in [0.717, 1.165) is 18.2 Å². The first-order chi connectivity index (χ1) is 8.87. The maximum absolute atomic E-state index is 13.6. The number of hydrogen-bond acceptors (Lipinski definition) is 3. The van der Waals surface area contributed by atoms with Crippen molar-refractivity contribution in [1.82, 2.24) is 0 Å². The van der Waals surface area contributed by atoms with Crippen molar-refractivity contribution in [3.63, 3.8) is 0 Å². The Balaban J connectivity index is 2.32. The van der Waals surface area contributed by atoms with E-state index < -0.39 is 24.0 Å². The zero-order chi connectivity index (χ0) is 14.0. The highest BCUT2D eigenvalue weighted by Crippen LogP contribution is 2.30. The predicted octanol–water partition coefficient (Wildman–Crippen LogP) is 3.83. The monoisotopic (exact) mass is 291 g/mol. The van der Waals surface area contributed by atoms with Crippen LogP contribution in [0.15, 0.2) is 35.7 Å². The summed E-state index contributed by atoms with van der Waals surface area (Å²) in [7, 11) is 0. The number of ether oxygens (including phenoxy) is 1. The highest BCUT2D eigenvalue weighted by molar-refractivity contribution is 7.10. The van der Waals surface area contributed by atoms with Gasteiger partial charge < -0.3 is 10.5 Å². The highest BCUT2D eigenvalue weighted by Gasteiger charge is 2.31. The van der Waals surface area contributed by atoms with Gasteiger partial charge in [-0.15, -0.1) is 24.5 Å². The lowest BCUT2D eigenvalue weighted by Crippen LogP contribution is -2.18. The standard InChI is InChI=1S/C12H9F4NOS/c13-9-4-3-7(18-12(14,15)16)6-8(9)11(17)10-2-1-5-19-10/h1-6,11H,17H2/t11-/m0/s1. The molecule has 102 valence electrons. The van der Waals surface area contributed by atoms with Gasteiger partial charge in [0, 0.05) is 10.4 Å². The molecule has 0 bridgehead atoms. The van der Waals surface area contributed by atoms with Gasteiger partial charge in [0.05, 0.1) is 6.04 Å². The molecule has 7 heteroatoms. The molecule has 0 fully saturated rings. The maximum Gasteiger partial charge on any atom is 0.573 e. The Hall–Kier alpha value is -1.60. The first kappa shape index (κ1) is 13.8. The summed E-state index contributed by atoms with van der Waals surface area (Å²) in [5.74, 6) is -1.16. The molecular formula is C12H9F4NOS. The zero-order valence-corrected chi connectivity index (χ0v) is 10.3. The van der Waals surface area contributed by atoms with Gasteiger partial charge in [0.1, 0.15) is 11.6 Å². The van der Waals surface area contributed by atoms with Crippen molar-refractivity contribution < 1.29 is 22.3 Å². The van der Waals surface area contributed by atoms with Gasteiger partial charge in [-0.1, -0.05) is 6.07 Å². The molecule has 0 saturated carbocycles. The van der Waals surface area contributed by atoms with E-state index in [4.69, 9.17) is 5.73 Å². The largest absolute Gasteiger partial charge is 0.573 e. The summed E-state index contributed by atoms with van der Waals surface area (Å²) in [6.07, 6.45) is -4.82. The number of benzene rings is 1. The second-order valence-corrected chi connectivity index (χ2v) is 4.70. The average Bonchev–Trinajstić information content (AvgIpc) is 2.82. The van der Waals surface area contributed by atoms with Crippen LogP contribution >= 0.6 is 11.3 Å². The molecular weight excluding hydrogens is 282 g/mol. The molecule has 1 aromatic heterocycles. The van der Waals surface area contributed by atoms with Gasteiger partial charge in [0.25, 0.3) is 0 Å². The summed E-state index contributed by atoms with van der Waals surface area (Å²) in [6.45, 7) is 0. The van der Waals surface area contributed by atoms with Gasteiger partial charge in [-0.25, -0.2) is 4.39 Å². The molecule has 1 atom stereocenters. The molecule has 2 aromatic rings. The van der Waals surface area contributed by atoms with Crippen molar-refractivity contribution in [2.45, 2.75) is 12.4 Å². The number of halogens is 4. The van der Waals surface area contributed by atoms with Crippen LogP contribution in [-0.2, 0) is 0 Å². The van der Waals surface area contributed by atoms with Gasteiger partial charge in [-0.05, 0) is 29.6 Å². The first-order valence-corrected chi connectivity index (χ1v) is 6.09. The summed E-state index contributed by atoms with van der Waals surface area (Å²) in [5, 5.41) is 1.75. The van der Waals surface area contributed by atoms with Crippen LogP contribution in [0.3, 0.4) is 0 Å². The van der Waals surface area contributed by atoms with Crippen molar-refractivity contribution in [3.8, 4) is 5.75 Å². The van der Waals surface area contributed by atoms with Crippen molar-refractivity contribution in [2.24, 2.45) is 5.73 Å². The molecule has 0 saturated heterocycles. The van der Waals surface area contributed by atoms with E-state index in [0.29, 0.717) is 4.88 Å². The van der Waals surface area contributed by atoms with Crippen molar-refractivity contribution in [3.05, 3.63) is 52.0 Å². The first-order valence-electron chi connectivity index (χ1n) is 5.21. The summed E-state index contributed by atoms with van der Waals surface area (Å²) >= 11 is 1.30. The van der Waals surface area contributed by atoms with Gasteiger partial charge in [-0.2, -0.15) is 0 Å². The molecule has 2 rings (SSSR count). The SMILES string of the molecule is N[C@H](c1cccs1)c1cc(OC(F)(F)F)ccc1F. The van der Waals surface area contributed by atoms with E-state index in [1.54, 1.807) is 17.5 Å². The lowest BCUT2D eigenvalue weighted by molar-refractivity contribution is -0.274. The van der Waals surface area contributed by atoms with E-state index >= 15 is 0 Å². The lowest BCUT2D eigenvalue weighted by atomic mass is 10.1. The smallest absolute Gasteiger partial charge is 0.406 e. The minimum atomic E-state index is -4.82. The molecule has 0 aliphatic rings. The third-order valence-corrected chi connectivity index (χ3v) is 3.34. The van der Waals surface area contributed by atoms with Gasteiger partial charge in [0.2, 0.25) is 0 Å². The van der Waals surface area contributed by atoms with E-state index in [9.17, 15) is 17.6 Å². The second-order valence-electron chi connectivity index (χ2n) is 3.72. The molecule has 2 nitrogen and oxygen atoms in total. The van der Waals surface area contributed by atoms with Crippen molar-refractivity contribution >= 4 is 11.3 Å². The Labute approximate surface area is 110 Å². The van der Waals surface area contributed by atoms with Crippen LogP contribution in [0.4, 0.5) is 17.6 Å². The highest BCUT2D eigenvalue weighted by atomic mass is 32.1. The van der Waals surface area contributed by atoms with Crippen LogP contribution in [0.25, 0.3) is 0 Å². The fraction of sp³-hybridized carbons (Fsp3) is 0.167. The maximum atomic E-state index is 13.6. The van der Waals surface area contributed by atoms with Crippen LogP contribution in [0, 0.1) is 5.82 Å². The molecule has 0 unspecified atom stereocenters. The molecule has 19 heavy (non-hydrogen) atoms. The molecule has 2 N–H and O–H groups in total. The minimum Gasteiger partial charge on any atom is -0.406 e. The third kappa shape index (κ3) is 3.45. The van der Waals surface area contributed by atoms with Crippen LogP contribution in [-0.4, -0.2) is 6.36 Å². The van der Waals surface area contributed by atoms with E-state index in [1.807, 2.05) is 0 Å². The topological polar surface area (TPSA) is 35.2 Å². The van der Waals surface area contributed by atoms with Crippen molar-refractivity contribution in [1.29, 1.82) is 0 Å². The Bertz CT molecular complexity index is 553. The molecule has 0 spiro atoms. The van der Waals surface area contributed by atoms with Crippen LogP contribution in [0.5, 0.6) is 5.75 Å². The van der Waals surface area contributed by atoms with E-state index in [1.165, 1.54) is 11.3 Å². The summed E-state index contributed by atoms with van der Waals surface area (Å²) in [4.78, 5) is 0.656. The Morgan fingerprint density at radius 2 is 1.95 bits per heavy atom.